The molecule has 0 saturated carbocycles. The number of carbonyl (C=O) groups is 1. The van der Waals surface area contributed by atoms with Crippen molar-refractivity contribution in [2.75, 3.05) is 6.61 Å². The third kappa shape index (κ3) is 4.64. The second-order valence-corrected chi connectivity index (χ2v) is 12.7. The molecule has 2 aliphatic heterocycles. The molecule has 1 N–H and O–H groups in total. The average Bonchev–Trinajstić information content (AvgIpc) is 3.20. The molecule has 38 heavy (non-hydrogen) atoms. The number of aliphatic hydroxyl groups is 1. The topological polar surface area (TPSA) is 49.8 Å². The molecule has 3 aromatic carbocycles. The summed E-state index contributed by atoms with van der Waals surface area (Å²) in [6.07, 6.45) is 4.56. The Balaban J connectivity index is 1.14. The molecular weight excluding hydrogens is 470 g/mol. The third-order valence-corrected chi connectivity index (χ3v) is 8.99. The van der Waals surface area contributed by atoms with Gasteiger partial charge in [0.1, 0.15) is 6.61 Å². The lowest BCUT2D eigenvalue weighted by Crippen LogP contribution is -2.60. The van der Waals surface area contributed by atoms with Gasteiger partial charge >= 0.3 is 6.09 Å². The Hall–Kier alpha value is -3.11. The van der Waals surface area contributed by atoms with Crippen LogP contribution in [0, 0.1) is 0 Å². The average molecular weight is 510 g/mol. The number of piperidine rings is 2. The van der Waals surface area contributed by atoms with Gasteiger partial charge in [0.2, 0.25) is 0 Å². The smallest absolute Gasteiger partial charge is 0.410 e. The van der Waals surface area contributed by atoms with Crippen molar-refractivity contribution in [3.63, 3.8) is 0 Å². The molecule has 2 heterocycles. The van der Waals surface area contributed by atoms with Crippen molar-refractivity contribution in [3.8, 4) is 11.1 Å². The maximum atomic E-state index is 13.5. The molecule has 4 heteroatoms. The quantitative estimate of drug-likeness (QED) is 0.404. The van der Waals surface area contributed by atoms with Crippen molar-refractivity contribution in [1.29, 1.82) is 0 Å². The molecule has 1 amide bonds. The van der Waals surface area contributed by atoms with Crippen LogP contribution in [0.2, 0.25) is 0 Å². The summed E-state index contributed by atoms with van der Waals surface area (Å²) in [5.74, 6) is 0.0592. The summed E-state index contributed by atoms with van der Waals surface area (Å²) < 4.78 is 6.05. The van der Waals surface area contributed by atoms with E-state index in [4.69, 9.17) is 4.74 Å². The molecule has 198 valence electrons. The molecule has 2 unspecified atom stereocenters. The second kappa shape index (κ2) is 9.57. The van der Waals surface area contributed by atoms with E-state index >= 15 is 0 Å². The molecule has 4 nitrogen and oxygen atoms in total. The highest BCUT2D eigenvalue weighted by atomic mass is 16.6. The zero-order valence-corrected chi connectivity index (χ0v) is 22.8. The van der Waals surface area contributed by atoms with Crippen LogP contribution < -0.4 is 0 Å². The van der Waals surface area contributed by atoms with Crippen LogP contribution in [0.3, 0.4) is 0 Å². The maximum Gasteiger partial charge on any atom is 0.410 e. The van der Waals surface area contributed by atoms with Crippen LogP contribution in [-0.2, 0) is 16.6 Å². The predicted molar refractivity (Wildman–Crippen MR) is 151 cm³/mol. The van der Waals surface area contributed by atoms with Gasteiger partial charge < -0.3 is 14.7 Å². The van der Waals surface area contributed by atoms with E-state index in [0.717, 1.165) is 24.8 Å². The molecule has 0 aromatic heterocycles. The standard InChI is InChI=1S/C34H39NO3/c1-33(2,3)24-17-15-23(16-18-24)19-34(37)20-25-9-8-10-26(21-34)35(25)32(36)38-22-31-29-13-6-4-11-27(29)28-12-5-7-14-30(28)31/h4-7,11-18,25-26,31,37H,8-10,19-22H2,1-3H3. The van der Waals surface area contributed by atoms with Gasteiger partial charge in [-0.15, -0.1) is 0 Å². The highest BCUT2D eigenvalue weighted by molar-refractivity contribution is 5.79. The van der Waals surface area contributed by atoms with Gasteiger partial charge in [0, 0.05) is 24.4 Å². The van der Waals surface area contributed by atoms with Crippen molar-refractivity contribution < 1.29 is 14.6 Å². The number of rotatable bonds is 4. The lowest BCUT2D eigenvalue weighted by atomic mass is 9.73. The molecule has 0 spiro atoms. The van der Waals surface area contributed by atoms with Crippen LogP contribution in [0.4, 0.5) is 4.79 Å². The molecule has 0 radical (unpaired) electrons. The summed E-state index contributed by atoms with van der Waals surface area (Å²) in [6.45, 7) is 6.99. The SMILES string of the molecule is CC(C)(C)c1ccc(CC2(O)CC3CCCC(C2)N3C(=O)OCC2c3ccccc3-c3ccccc32)cc1. The monoisotopic (exact) mass is 509 g/mol. The molecule has 2 atom stereocenters. The summed E-state index contributed by atoms with van der Waals surface area (Å²) in [4.78, 5) is 15.5. The van der Waals surface area contributed by atoms with E-state index in [2.05, 4.69) is 93.6 Å². The largest absolute Gasteiger partial charge is 0.448 e. The Morgan fingerprint density at radius 1 is 0.895 bits per heavy atom. The molecule has 2 bridgehead atoms. The summed E-state index contributed by atoms with van der Waals surface area (Å²) in [7, 11) is 0. The van der Waals surface area contributed by atoms with Gasteiger partial charge in [-0.3, -0.25) is 0 Å². The number of carbonyl (C=O) groups excluding carboxylic acids is 1. The normalized spacial score (nSPS) is 24.6. The molecular formula is C34H39NO3. The Morgan fingerprint density at radius 3 is 2.00 bits per heavy atom. The Morgan fingerprint density at radius 2 is 1.45 bits per heavy atom. The fourth-order valence-electron chi connectivity index (χ4n) is 7.14. The first-order chi connectivity index (χ1) is 18.2. The van der Waals surface area contributed by atoms with Crippen molar-refractivity contribution in [3.05, 3.63) is 95.1 Å². The van der Waals surface area contributed by atoms with E-state index < -0.39 is 5.60 Å². The minimum Gasteiger partial charge on any atom is -0.448 e. The van der Waals surface area contributed by atoms with Crippen LogP contribution >= 0.6 is 0 Å². The van der Waals surface area contributed by atoms with E-state index in [1.807, 2.05) is 4.90 Å². The molecule has 2 fully saturated rings. The minimum absolute atomic E-state index is 0.0250. The van der Waals surface area contributed by atoms with Crippen molar-refractivity contribution in [2.24, 2.45) is 0 Å². The summed E-state index contributed by atoms with van der Waals surface area (Å²) in [5, 5.41) is 11.7. The highest BCUT2D eigenvalue weighted by Crippen LogP contribution is 2.45. The number of benzene rings is 3. The van der Waals surface area contributed by atoms with Crippen LogP contribution in [0.25, 0.3) is 11.1 Å². The van der Waals surface area contributed by atoms with Crippen LogP contribution in [-0.4, -0.2) is 40.4 Å². The summed E-state index contributed by atoms with van der Waals surface area (Å²) in [5.41, 5.74) is 6.71. The van der Waals surface area contributed by atoms with Gasteiger partial charge in [0.05, 0.1) is 5.60 Å². The fourth-order valence-corrected chi connectivity index (χ4v) is 7.14. The van der Waals surface area contributed by atoms with Gasteiger partial charge in [-0.1, -0.05) is 93.6 Å². The van der Waals surface area contributed by atoms with Gasteiger partial charge in [-0.2, -0.15) is 0 Å². The highest BCUT2D eigenvalue weighted by Gasteiger charge is 2.48. The maximum absolute atomic E-state index is 13.5. The number of hydrogen-bond acceptors (Lipinski definition) is 3. The predicted octanol–water partition coefficient (Wildman–Crippen LogP) is 7.22. The third-order valence-electron chi connectivity index (χ3n) is 8.99. The number of amides is 1. The first-order valence-corrected chi connectivity index (χ1v) is 14.2. The number of fused-ring (bicyclic) bond motifs is 5. The van der Waals surface area contributed by atoms with Crippen LogP contribution in [0.1, 0.15) is 81.0 Å². The zero-order chi connectivity index (χ0) is 26.5. The fraction of sp³-hybridized carbons (Fsp3) is 0.441. The van der Waals surface area contributed by atoms with E-state index in [1.54, 1.807) is 0 Å². The summed E-state index contributed by atoms with van der Waals surface area (Å²) >= 11 is 0. The number of nitrogens with zero attached hydrogens (tertiary/aromatic N) is 1. The first-order valence-electron chi connectivity index (χ1n) is 14.2. The van der Waals surface area contributed by atoms with Crippen molar-refractivity contribution >= 4 is 6.09 Å². The second-order valence-electron chi connectivity index (χ2n) is 12.7. The van der Waals surface area contributed by atoms with E-state index in [-0.39, 0.29) is 29.5 Å². The van der Waals surface area contributed by atoms with Gasteiger partial charge in [-0.05, 0) is 70.9 Å². The van der Waals surface area contributed by atoms with E-state index in [0.29, 0.717) is 25.9 Å². The Labute approximate surface area is 226 Å². The molecule has 3 aliphatic rings. The van der Waals surface area contributed by atoms with E-state index in [1.165, 1.54) is 27.8 Å². The van der Waals surface area contributed by atoms with Crippen molar-refractivity contribution in [2.45, 2.75) is 88.3 Å². The number of ether oxygens (including phenoxy) is 1. The molecule has 6 rings (SSSR count). The van der Waals surface area contributed by atoms with E-state index in [9.17, 15) is 9.90 Å². The molecule has 2 saturated heterocycles. The molecule has 3 aromatic rings. The lowest BCUT2D eigenvalue weighted by molar-refractivity contribution is -0.0840. The number of hydrogen-bond donors (Lipinski definition) is 1. The lowest BCUT2D eigenvalue weighted by Gasteiger charge is -2.51. The van der Waals surface area contributed by atoms with Crippen LogP contribution in [0.5, 0.6) is 0 Å². The van der Waals surface area contributed by atoms with Gasteiger partial charge in [-0.25, -0.2) is 4.79 Å². The summed E-state index contributed by atoms with van der Waals surface area (Å²) in [6, 6.07) is 25.6. The van der Waals surface area contributed by atoms with Gasteiger partial charge in [0.25, 0.3) is 0 Å². The first kappa shape index (κ1) is 25.2. The van der Waals surface area contributed by atoms with Crippen LogP contribution in [0.15, 0.2) is 72.8 Å². The Bertz CT molecular complexity index is 1260. The Kier molecular flexibility index (Phi) is 6.34. The van der Waals surface area contributed by atoms with Crippen molar-refractivity contribution in [1.82, 2.24) is 4.90 Å². The van der Waals surface area contributed by atoms with Gasteiger partial charge in [0.15, 0.2) is 0 Å². The zero-order valence-electron chi connectivity index (χ0n) is 22.8. The molecule has 1 aliphatic carbocycles. The minimum atomic E-state index is -0.793.